The minimum absolute atomic E-state index is 0.000365. The molecule has 1 aromatic carbocycles. The van der Waals surface area contributed by atoms with Crippen LogP contribution >= 0.6 is 7.37 Å². The van der Waals surface area contributed by atoms with Crippen molar-refractivity contribution in [3.63, 3.8) is 0 Å². The monoisotopic (exact) mass is 496 g/mol. The van der Waals surface area contributed by atoms with E-state index in [-0.39, 0.29) is 49.9 Å². The van der Waals surface area contributed by atoms with Gasteiger partial charge in [-0.05, 0) is 12.1 Å². The van der Waals surface area contributed by atoms with E-state index in [2.05, 4.69) is 15.0 Å². The summed E-state index contributed by atoms with van der Waals surface area (Å²) >= 11 is 0. The molecule has 1 N–H and O–H groups in total. The van der Waals surface area contributed by atoms with Crippen molar-refractivity contribution < 1.29 is 36.9 Å². The molecule has 2 aliphatic rings. The summed E-state index contributed by atoms with van der Waals surface area (Å²) in [6, 6.07) is 5.42. The topological polar surface area (TPSA) is 110 Å². The lowest BCUT2D eigenvalue weighted by atomic mass is 10.2. The van der Waals surface area contributed by atoms with Crippen molar-refractivity contribution >= 4 is 30.9 Å². The molecule has 0 radical (unpaired) electrons. The molecular weight excluding hydrogens is 473 g/mol. The van der Waals surface area contributed by atoms with Crippen LogP contribution in [0.2, 0.25) is 0 Å². The Morgan fingerprint density at radius 3 is 2.62 bits per heavy atom. The third kappa shape index (κ3) is 5.22. The minimum atomic E-state index is -3.02. The normalized spacial score (nSPS) is 19.5. The third-order valence-electron chi connectivity index (χ3n) is 5.49. The molecule has 0 aliphatic carbocycles. The Hall–Kier alpha value is -3.40. The van der Waals surface area contributed by atoms with E-state index in [9.17, 15) is 22.9 Å². The van der Waals surface area contributed by atoms with Crippen LogP contribution in [-0.4, -0.2) is 68.9 Å². The summed E-state index contributed by atoms with van der Waals surface area (Å²) in [5, 5.41) is 2.41. The molecular formula is C21H23F2N4O6P. The maximum absolute atomic E-state index is 15.0. The first-order valence-corrected chi connectivity index (χ1v) is 12.5. The summed E-state index contributed by atoms with van der Waals surface area (Å²) in [6.07, 6.45) is 1.10. The van der Waals surface area contributed by atoms with Crippen LogP contribution in [-0.2, 0) is 14.0 Å². The van der Waals surface area contributed by atoms with Gasteiger partial charge in [0.1, 0.15) is 17.5 Å². The molecule has 34 heavy (non-hydrogen) atoms. The summed E-state index contributed by atoms with van der Waals surface area (Å²) < 4.78 is 58.2. The Kier molecular flexibility index (Phi) is 6.87. The number of amides is 2. The molecule has 182 valence electrons. The molecule has 1 aromatic heterocycles. The number of hydrogen-bond donors (Lipinski definition) is 1. The highest BCUT2D eigenvalue weighted by Crippen LogP contribution is 2.49. The summed E-state index contributed by atoms with van der Waals surface area (Å²) in [5.41, 5.74) is -0.264. The highest BCUT2D eigenvalue weighted by molar-refractivity contribution is 7.59. The summed E-state index contributed by atoms with van der Waals surface area (Å²) in [7, 11) is -1.82. The summed E-state index contributed by atoms with van der Waals surface area (Å²) in [5.74, 6) is -1.33. The standard InChI is InChI=1S/C21H23F2N4O6P/c1-31-20(28)25-12-16-13-27(21(29)32-16)14-9-17(22)19(18(23)10-14)26-5-7-34(30,8-6-26)33-15-3-2-4-24-11-15/h2-4,9-11,16H,5-8,12-13H2,1H3,(H,25,28)/t16-/m0/s1. The number of carbonyl (C=O) groups is 2. The number of benzene rings is 1. The van der Waals surface area contributed by atoms with Crippen molar-refractivity contribution in [2.24, 2.45) is 0 Å². The molecule has 1 atom stereocenters. The zero-order chi connectivity index (χ0) is 24.3. The second kappa shape index (κ2) is 9.84. The lowest BCUT2D eigenvalue weighted by molar-refractivity contribution is 0.132. The predicted octanol–water partition coefficient (Wildman–Crippen LogP) is 3.22. The van der Waals surface area contributed by atoms with Gasteiger partial charge in [0, 0.05) is 31.4 Å². The molecule has 2 fully saturated rings. The van der Waals surface area contributed by atoms with Gasteiger partial charge < -0.3 is 24.2 Å². The largest absolute Gasteiger partial charge is 0.453 e. The Labute approximate surface area is 194 Å². The van der Waals surface area contributed by atoms with Gasteiger partial charge in [0.05, 0.1) is 44.4 Å². The average Bonchev–Trinajstić information content (AvgIpc) is 3.19. The van der Waals surface area contributed by atoms with Gasteiger partial charge in [0.15, 0.2) is 11.6 Å². The summed E-state index contributed by atoms with van der Waals surface area (Å²) in [4.78, 5) is 29.9. The zero-order valence-electron chi connectivity index (χ0n) is 18.3. The Morgan fingerprint density at radius 2 is 2.00 bits per heavy atom. The molecule has 0 saturated carbocycles. The maximum atomic E-state index is 15.0. The number of nitrogens with zero attached hydrogens (tertiary/aromatic N) is 3. The molecule has 2 saturated heterocycles. The van der Waals surface area contributed by atoms with E-state index in [4.69, 9.17) is 9.26 Å². The van der Waals surface area contributed by atoms with E-state index in [0.29, 0.717) is 5.75 Å². The van der Waals surface area contributed by atoms with E-state index in [1.165, 1.54) is 18.2 Å². The van der Waals surface area contributed by atoms with E-state index in [0.717, 1.165) is 17.0 Å². The first-order valence-electron chi connectivity index (χ1n) is 10.5. The Bertz CT molecular complexity index is 1090. The van der Waals surface area contributed by atoms with Crippen LogP contribution in [0.25, 0.3) is 0 Å². The second-order valence-corrected chi connectivity index (χ2v) is 10.5. The Balaban J connectivity index is 1.42. The van der Waals surface area contributed by atoms with E-state index >= 15 is 0 Å². The van der Waals surface area contributed by atoms with Crippen molar-refractivity contribution in [1.82, 2.24) is 10.3 Å². The number of methoxy groups -OCH3 is 1. The fraction of sp³-hybridized carbons (Fsp3) is 0.381. The zero-order valence-corrected chi connectivity index (χ0v) is 19.2. The third-order valence-corrected chi connectivity index (χ3v) is 7.80. The highest BCUT2D eigenvalue weighted by Gasteiger charge is 2.36. The molecule has 0 unspecified atom stereocenters. The van der Waals surface area contributed by atoms with Crippen LogP contribution in [0.5, 0.6) is 5.75 Å². The van der Waals surface area contributed by atoms with Crippen LogP contribution in [0, 0.1) is 11.6 Å². The van der Waals surface area contributed by atoms with Gasteiger partial charge in [-0.2, -0.15) is 0 Å². The van der Waals surface area contributed by atoms with E-state index in [1.54, 1.807) is 18.3 Å². The number of aromatic nitrogens is 1. The van der Waals surface area contributed by atoms with Crippen molar-refractivity contribution in [3.8, 4) is 5.75 Å². The van der Waals surface area contributed by atoms with Crippen LogP contribution in [0.1, 0.15) is 0 Å². The smallest absolute Gasteiger partial charge is 0.414 e. The molecule has 10 nitrogen and oxygen atoms in total. The van der Waals surface area contributed by atoms with Gasteiger partial charge in [0.2, 0.25) is 0 Å². The number of anilines is 2. The molecule has 2 aliphatic heterocycles. The van der Waals surface area contributed by atoms with Gasteiger partial charge in [0.25, 0.3) is 7.37 Å². The molecule has 3 heterocycles. The maximum Gasteiger partial charge on any atom is 0.414 e. The van der Waals surface area contributed by atoms with Crippen molar-refractivity contribution in [2.45, 2.75) is 6.10 Å². The van der Waals surface area contributed by atoms with Crippen molar-refractivity contribution in [3.05, 3.63) is 48.3 Å². The number of hydrogen-bond acceptors (Lipinski definition) is 8. The quantitative estimate of drug-likeness (QED) is 0.608. The van der Waals surface area contributed by atoms with Gasteiger partial charge in [-0.1, -0.05) is 0 Å². The number of nitrogens with one attached hydrogen (secondary N) is 1. The van der Waals surface area contributed by atoms with Crippen molar-refractivity contribution in [1.29, 1.82) is 0 Å². The number of halogens is 2. The predicted molar refractivity (Wildman–Crippen MR) is 119 cm³/mol. The molecule has 13 heteroatoms. The number of rotatable bonds is 6. The molecule has 0 bridgehead atoms. The lowest BCUT2D eigenvalue weighted by Gasteiger charge is -2.34. The number of alkyl carbamates (subject to hydrolysis) is 1. The van der Waals surface area contributed by atoms with E-state index in [1.807, 2.05) is 0 Å². The lowest BCUT2D eigenvalue weighted by Crippen LogP contribution is -2.37. The van der Waals surface area contributed by atoms with E-state index < -0.39 is 37.3 Å². The van der Waals surface area contributed by atoms with Gasteiger partial charge >= 0.3 is 12.2 Å². The highest BCUT2D eigenvalue weighted by atomic mass is 31.2. The fourth-order valence-corrected chi connectivity index (χ4v) is 5.79. The second-order valence-electron chi connectivity index (χ2n) is 7.78. The van der Waals surface area contributed by atoms with Crippen LogP contribution in [0.15, 0.2) is 36.7 Å². The Morgan fingerprint density at radius 1 is 1.29 bits per heavy atom. The van der Waals surface area contributed by atoms with Crippen LogP contribution in [0.4, 0.5) is 29.7 Å². The number of ether oxygens (including phenoxy) is 2. The first-order chi connectivity index (χ1) is 16.3. The molecule has 2 aromatic rings. The van der Waals surface area contributed by atoms with Crippen LogP contribution in [0.3, 0.4) is 0 Å². The average molecular weight is 496 g/mol. The molecule has 0 spiro atoms. The SMILES string of the molecule is COC(=O)NC[C@H]1CN(c2cc(F)c(N3CCP(=O)(Oc4cccnc4)CC3)c(F)c2)C(=O)O1. The first kappa shape index (κ1) is 23.7. The van der Waals surface area contributed by atoms with Gasteiger partial charge in [-0.25, -0.2) is 18.4 Å². The minimum Gasteiger partial charge on any atom is -0.453 e. The number of carbonyl (C=O) groups excluding carboxylic acids is 2. The van der Waals surface area contributed by atoms with Gasteiger partial charge in [-0.15, -0.1) is 0 Å². The summed E-state index contributed by atoms with van der Waals surface area (Å²) in [6.45, 7) is 0.266. The fourth-order valence-electron chi connectivity index (χ4n) is 3.80. The van der Waals surface area contributed by atoms with Crippen LogP contribution < -0.4 is 19.6 Å². The van der Waals surface area contributed by atoms with Gasteiger partial charge in [-0.3, -0.25) is 14.4 Å². The molecule has 2 amide bonds. The molecule has 4 rings (SSSR count). The number of cyclic esters (lactones) is 1. The van der Waals surface area contributed by atoms with Crippen molar-refractivity contribution in [2.75, 3.05) is 55.4 Å². The number of pyridine rings is 1.